The molecular formula is C14H20F2N2O2S. The first-order valence-electron chi connectivity index (χ1n) is 6.95. The van der Waals surface area contributed by atoms with Gasteiger partial charge in [0.25, 0.3) is 0 Å². The van der Waals surface area contributed by atoms with Gasteiger partial charge < -0.3 is 5.73 Å². The summed E-state index contributed by atoms with van der Waals surface area (Å²) >= 11 is 0. The lowest BCUT2D eigenvalue weighted by Crippen LogP contribution is -2.42. The molecule has 7 heteroatoms. The smallest absolute Gasteiger partial charge is 0.245 e. The second-order valence-electron chi connectivity index (χ2n) is 5.63. The molecule has 0 spiro atoms. The molecule has 1 saturated heterocycles. The summed E-state index contributed by atoms with van der Waals surface area (Å²) in [6.45, 7) is 3.93. The fourth-order valence-corrected chi connectivity index (χ4v) is 4.21. The maximum atomic E-state index is 13.8. The molecule has 4 nitrogen and oxygen atoms in total. The van der Waals surface area contributed by atoms with E-state index in [1.165, 1.54) is 11.2 Å². The molecule has 2 rings (SSSR count). The van der Waals surface area contributed by atoms with Crippen molar-refractivity contribution in [3.05, 3.63) is 29.3 Å². The van der Waals surface area contributed by atoms with Crippen molar-refractivity contribution >= 4 is 10.0 Å². The minimum absolute atomic E-state index is 0.0136. The number of nitrogens with zero attached hydrogens (tertiary/aromatic N) is 1. The fourth-order valence-electron chi connectivity index (χ4n) is 2.61. The van der Waals surface area contributed by atoms with Crippen molar-refractivity contribution in [3.63, 3.8) is 0 Å². The first-order valence-corrected chi connectivity index (χ1v) is 8.39. The molecule has 0 aromatic heterocycles. The van der Waals surface area contributed by atoms with Crippen LogP contribution in [-0.4, -0.2) is 31.9 Å². The summed E-state index contributed by atoms with van der Waals surface area (Å²) in [7, 11) is -3.93. The number of piperidine rings is 1. The Morgan fingerprint density at radius 2 is 1.81 bits per heavy atom. The first-order chi connectivity index (χ1) is 9.73. The summed E-state index contributed by atoms with van der Waals surface area (Å²) in [5, 5.41) is 0. The average Bonchev–Trinajstić information content (AvgIpc) is 2.42. The van der Waals surface area contributed by atoms with Crippen LogP contribution in [0.4, 0.5) is 8.78 Å². The third kappa shape index (κ3) is 3.25. The molecule has 1 aliphatic heterocycles. The number of benzene rings is 1. The number of aryl methyl sites for hydroxylation is 1. The second-order valence-corrected chi connectivity index (χ2v) is 7.54. The summed E-state index contributed by atoms with van der Waals surface area (Å²) in [6.07, 6.45) is 1.30. The van der Waals surface area contributed by atoms with Gasteiger partial charge in [-0.05, 0) is 44.2 Å². The van der Waals surface area contributed by atoms with Crippen molar-refractivity contribution in [2.75, 3.05) is 13.1 Å². The van der Waals surface area contributed by atoms with Crippen molar-refractivity contribution in [2.45, 2.75) is 37.6 Å². The molecular weight excluding hydrogens is 298 g/mol. The van der Waals surface area contributed by atoms with E-state index in [1.807, 2.05) is 6.92 Å². The maximum Gasteiger partial charge on any atom is 0.245 e. The lowest BCUT2D eigenvalue weighted by atomic mass is 9.92. The Kier molecular flexibility index (Phi) is 4.65. The van der Waals surface area contributed by atoms with E-state index in [4.69, 9.17) is 5.73 Å². The van der Waals surface area contributed by atoms with E-state index in [2.05, 4.69) is 0 Å². The van der Waals surface area contributed by atoms with Gasteiger partial charge in [0.15, 0.2) is 0 Å². The Hall–Kier alpha value is -1.05. The second kappa shape index (κ2) is 5.98. The van der Waals surface area contributed by atoms with Gasteiger partial charge in [-0.15, -0.1) is 0 Å². The van der Waals surface area contributed by atoms with Gasteiger partial charge in [0.1, 0.15) is 16.5 Å². The molecule has 21 heavy (non-hydrogen) atoms. The number of halogens is 2. The van der Waals surface area contributed by atoms with Crippen molar-refractivity contribution < 1.29 is 17.2 Å². The van der Waals surface area contributed by atoms with Crippen molar-refractivity contribution in [3.8, 4) is 0 Å². The zero-order valence-electron chi connectivity index (χ0n) is 12.1. The molecule has 1 fully saturated rings. The van der Waals surface area contributed by atoms with Crippen LogP contribution in [0.1, 0.15) is 25.3 Å². The molecule has 1 aliphatic rings. The third-order valence-electron chi connectivity index (χ3n) is 4.07. The van der Waals surface area contributed by atoms with Gasteiger partial charge in [-0.2, -0.15) is 4.31 Å². The maximum absolute atomic E-state index is 13.8. The highest BCUT2D eigenvalue weighted by Crippen LogP contribution is 2.27. The highest BCUT2D eigenvalue weighted by Gasteiger charge is 2.32. The largest absolute Gasteiger partial charge is 0.328 e. The van der Waals surface area contributed by atoms with Crippen LogP contribution < -0.4 is 5.73 Å². The van der Waals surface area contributed by atoms with Crippen LogP contribution in [0.5, 0.6) is 0 Å². The predicted molar refractivity (Wildman–Crippen MR) is 76.2 cm³/mol. The normalized spacial score (nSPS) is 19.7. The summed E-state index contributed by atoms with van der Waals surface area (Å²) in [5.41, 5.74) is 5.94. The molecule has 0 aliphatic carbocycles. The Morgan fingerprint density at radius 1 is 1.24 bits per heavy atom. The molecule has 1 unspecified atom stereocenters. The number of hydrogen-bond donors (Lipinski definition) is 1. The monoisotopic (exact) mass is 318 g/mol. The van der Waals surface area contributed by atoms with Gasteiger partial charge in [-0.25, -0.2) is 17.2 Å². The highest BCUT2D eigenvalue weighted by atomic mass is 32.2. The minimum atomic E-state index is -3.93. The van der Waals surface area contributed by atoms with Crippen LogP contribution in [-0.2, 0) is 10.0 Å². The standard InChI is InChI=1S/C14H20F2N2O2S/c1-9-7-14(13(16)8-12(9)15)21(19,20)18-5-3-11(4-6-18)10(2)17/h7-8,10-11H,3-6,17H2,1-2H3. The molecule has 1 aromatic carbocycles. The van der Waals surface area contributed by atoms with Crippen molar-refractivity contribution in [2.24, 2.45) is 11.7 Å². The van der Waals surface area contributed by atoms with E-state index in [-0.39, 0.29) is 17.5 Å². The van der Waals surface area contributed by atoms with Gasteiger partial charge in [-0.1, -0.05) is 0 Å². The first kappa shape index (κ1) is 16.3. The van der Waals surface area contributed by atoms with Gasteiger partial charge >= 0.3 is 0 Å². The molecule has 0 saturated carbocycles. The zero-order valence-corrected chi connectivity index (χ0v) is 13.0. The van der Waals surface area contributed by atoms with Gasteiger partial charge in [0.05, 0.1) is 0 Å². The third-order valence-corrected chi connectivity index (χ3v) is 5.99. The average molecular weight is 318 g/mol. The molecule has 2 N–H and O–H groups in total. The van der Waals surface area contributed by atoms with E-state index >= 15 is 0 Å². The van der Waals surface area contributed by atoms with Crippen molar-refractivity contribution in [1.29, 1.82) is 0 Å². The molecule has 1 aromatic rings. The lowest BCUT2D eigenvalue weighted by Gasteiger charge is -2.33. The Morgan fingerprint density at radius 3 is 2.33 bits per heavy atom. The molecule has 0 bridgehead atoms. The van der Waals surface area contributed by atoms with Crippen LogP contribution in [0, 0.1) is 24.5 Å². The quantitative estimate of drug-likeness (QED) is 0.927. The van der Waals surface area contributed by atoms with E-state index in [1.54, 1.807) is 0 Å². The molecule has 0 amide bonds. The Bertz CT molecular complexity index is 624. The van der Waals surface area contributed by atoms with Gasteiger partial charge in [0, 0.05) is 25.2 Å². The van der Waals surface area contributed by atoms with Gasteiger partial charge in [-0.3, -0.25) is 0 Å². The molecule has 1 heterocycles. The molecule has 1 atom stereocenters. The van der Waals surface area contributed by atoms with Crippen LogP contribution in [0.15, 0.2) is 17.0 Å². The van der Waals surface area contributed by atoms with Gasteiger partial charge in [0.2, 0.25) is 10.0 Å². The summed E-state index contributed by atoms with van der Waals surface area (Å²) in [6, 6.07) is 1.69. The van der Waals surface area contributed by atoms with E-state index in [0.29, 0.717) is 32.0 Å². The van der Waals surface area contributed by atoms with E-state index in [9.17, 15) is 17.2 Å². The predicted octanol–water partition coefficient (Wildman–Crippen LogP) is 2.02. The summed E-state index contributed by atoms with van der Waals surface area (Å²) in [5.74, 6) is -1.52. The number of sulfonamides is 1. The molecule has 118 valence electrons. The van der Waals surface area contributed by atoms with Crippen molar-refractivity contribution in [1.82, 2.24) is 4.31 Å². The SMILES string of the molecule is Cc1cc(S(=O)(=O)N2CCC(C(C)N)CC2)c(F)cc1F. The summed E-state index contributed by atoms with van der Waals surface area (Å²) in [4.78, 5) is -0.458. The van der Waals surface area contributed by atoms with E-state index in [0.717, 1.165) is 6.07 Å². The summed E-state index contributed by atoms with van der Waals surface area (Å²) < 4.78 is 53.3. The number of rotatable bonds is 3. The topological polar surface area (TPSA) is 63.4 Å². The number of nitrogens with two attached hydrogens (primary N) is 1. The fraction of sp³-hybridized carbons (Fsp3) is 0.571. The Balaban J connectivity index is 2.26. The zero-order chi connectivity index (χ0) is 15.8. The molecule has 0 radical (unpaired) electrons. The van der Waals surface area contributed by atoms with Crippen LogP contribution in [0.2, 0.25) is 0 Å². The van der Waals surface area contributed by atoms with Crippen LogP contribution in [0.3, 0.4) is 0 Å². The highest BCUT2D eigenvalue weighted by molar-refractivity contribution is 7.89. The van der Waals surface area contributed by atoms with Crippen LogP contribution >= 0.6 is 0 Å². The van der Waals surface area contributed by atoms with E-state index < -0.39 is 26.6 Å². The Labute approximate surface area is 124 Å². The lowest BCUT2D eigenvalue weighted by molar-refractivity contribution is 0.250. The number of hydrogen-bond acceptors (Lipinski definition) is 3. The van der Waals surface area contributed by atoms with Crippen LogP contribution in [0.25, 0.3) is 0 Å². The minimum Gasteiger partial charge on any atom is -0.328 e.